The van der Waals surface area contributed by atoms with Crippen LogP contribution >= 0.6 is 23.2 Å². The van der Waals surface area contributed by atoms with Crippen LogP contribution < -0.4 is 10.1 Å². The molecule has 2 rings (SSSR count). The van der Waals surface area contributed by atoms with E-state index in [1.807, 2.05) is 36.4 Å². The van der Waals surface area contributed by atoms with E-state index in [9.17, 15) is 0 Å². The molecule has 0 aliphatic carbocycles. The minimum Gasteiger partial charge on any atom is -0.457 e. The molecular formula is C17H19Cl2NO. The highest BCUT2D eigenvalue weighted by Crippen LogP contribution is 2.30. The van der Waals surface area contributed by atoms with Gasteiger partial charge in [0.2, 0.25) is 0 Å². The van der Waals surface area contributed by atoms with E-state index in [1.54, 1.807) is 0 Å². The van der Waals surface area contributed by atoms with Crippen molar-refractivity contribution in [1.82, 2.24) is 5.32 Å². The lowest BCUT2D eigenvalue weighted by Gasteiger charge is -2.13. The number of benzene rings is 2. The highest BCUT2D eigenvalue weighted by molar-refractivity contribution is 6.31. The van der Waals surface area contributed by atoms with E-state index in [1.165, 1.54) is 0 Å². The van der Waals surface area contributed by atoms with Crippen molar-refractivity contribution in [3.05, 3.63) is 57.6 Å². The molecule has 0 fully saturated rings. The largest absolute Gasteiger partial charge is 0.457 e. The average Bonchev–Trinajstić information content (AvgIpc) is 2.48. The summed E-state index contributed by atoms with van der Waals surface area (Å²) in [6.07, 6.45) is 0.871. The summed E-state index contributed by atoms with van der Waals surface area (Å²) in [7, 11) is 0. The van der Waals surface area contributed by atoms with Crippen LogP contribution in [0.4, 0.5) is 0 Å². The molecule has 0 bridgehead atoms. The van der Waals surface area contributed by atoms with Gasteiger partial charge in [0, 0.05) is 22.2 Å². The first-order valence-corrected chi connectivity index (χ1v) is 7.85. The summed E-state index contributed by atoms with van der Waals surface area (Å²) in [4.78, 5) is 0. The minimum atomic E-state index is 0.662. The van der Waals surface area contributed by atoms with Crippen LogP contribution in [-0.4, -0.2) is 6.54 Å². The van der Waals surface area contributed by atoms with E-state index in [0.717, 1.165) is 47.2 Å². The van der Waals surface area contributed by atoms with Gasteiger partial charge in [0.15, 0.2) is 0 Å². The van der Waals surface area contributed by atoms with Gasteiger partial charge >= 0.3 is 0 Å². The molecule has 2 aromatic carbocycles. The predicted octanol–water partition coefficient (Wildman–Crippen LogP) is 5.46. The van der Waals surface area contributed by atoms with Gasteiger partial charge in [0.05, 0.1) is 0 Å². The minimum absolute atomic E-state index is 0.662. The highest BCUT2D eigenvalue weighted by atomic mass is 35.5. The molecule has 0 amide bonds. The second-order valence-corrected chi connectivity index (χ2v) is 5.58. The Hall–Kier alpha value is -1.22. The lowest BCUT2D eigenvalue weighted by atomic mass is 10.1. The van der Waals surface area contributed by atoms with Gasteiger partial charge in [-0.05, 0) is 48.9 Å². The van der Waals surface area contributed by atoms with Crippen molar-refractivity contribution in [2.24, 2.45) is 0 Å². The van der Waals surface area contributed by atoms with Crippen molar-refractivity contribution >= 4 is 23.2 Å². The van der Waals surface area contributed by atoms with E-state index in [4.69, 9.17) is 27.9 Å². The second-order valence-electron chi connectivity index (χ2n) is 4.74. The van der Waals surface area contributed by atoms with Crippen LogP contribution in [0, 0.1) is 0 Å². The van der Waals surface area contributed by atoms with E-state index in [2.05, 4.69) is 19.2 Å². The van der Waals surface area contributed by atoms with Crippen LogP contribution in [0.3, 0.4) is 0 Å². The molecule has 4 heteroatoms. The Morgan fingerprint density at radius 2 is 1.81 bits per heavy atom. The Bertz CT molecular complexity index is 614. The Balaban J connectivity index is 2.27. The smallest absolute Gasteiger partial charge is 0.133 e. The van der Waals surface area contributed by atoms with Crippen molar-refractivity contribution in [2.45, 2.75) is 26.8 Å². The topological polar surface area (TPSA) is 21.3 Å². The van der Waals surface area contributed by atoms with Crippen LogP contribution in [0.2, 0.25) is 10.0 Å². The zero-order valence-electron chi connectivity index (χ0n) is 12.2. The fourth-order valence-corrected chi connectivity index (χ4v) is 2.45. The summed E-state index contributed by atoms with van der Waals surface area (Å²) >= 11 is 12.2. The first-order valence-electron chi connectivity index (χ1n) is 7.09. The molecule has 112 valence electrons. The molecule has 0 saturated heterocycles. The van der Waals surface area contributed by atoms with Crippen molar-refractivity contribution in [3.63, 3.8) is 0 Å². The Morgan fingerprint density at radius 3 is 2.52 bits per heavy atom. The maximum absolute atomic E-state index is 6.14. The van der Waals surface area contributed by atoms with Crippen molar-refractivity contribution in [2.75, 3.05) is 6.54 Å². The van der Waals surface area contributed by atoms with E-state index < -0.39 is 0 Å². The summed E-state index contributed by atoms with van der Waals surface area (Å²) in [5.41, 5.74) is 2.15. The number of ether oxygens (including phenoxy) is 1. The number of hydrogen-bond acceptors (Lipinski definition) is 2. The maximum Gasteiger partial charge on any atom is 0.133 e. The van der Waals surface area contributed by atoms with E-state index in [0.29, 0.717) is 5.02 Å². The monoisotopic (exact) mass is 323 g/mol. The summed E-state index contributed by atoms with van der Waals surface area (Å²) in [5.74, 6) is 1.55. The normalized spacial score (nSPS) is 10.7. The number of hydrogen-bond donors (Lipinski definition) is 1. The summed E-state index contributed by atoms with van der Waals surface area (Å²) < 4.78 is 6.00. The van der Waals surface area contributed by atoms with Crippen molar-refractivity contribution in [3.8, 4) is 11.5 Å². The molecule has 2 aromatic rings. The summed E-state index contributed by atoms with van der Waals surface area (Å²) in [6.45, 7) is 5.80. The average molecular weight is 324 g/mol. The second kappa shape index (κ2) is 7.69. The zero-order valence-corrected chi connectivity index (χ0v) is 13.8. The van der Waals surface area contributed by atoms with Crippen LogP contribution in [0.25, 0.3) is 0 Å². The van der Waals surface area contributed by atoms with Gasteiger partial charge in [-0.25, -0.2) is 0 Å². The van der Waals surface area contributed by atoms with Gasteiger partial charge in [0.25, 0.3) is 0 Å². The molecule has 0 aromatic heterocycles. The first kappa shape index (κ1) is 16.2. The summed E-state index contributed by atoms with van der Waals surface area (Å²) in [6, 6.07) is 11.4. The van der Waals surface area contributed by atoms with Gasteiger partial charge in [0.1, 0.15) is 11.5 Å². The van der Waals surface area contributed by atoms with Crippen LogP contribution in [0.15, 0.2) is 36.4 Å². The van der Waals surface area contributed by atoms with Crippen LogP contribution in [-0.2, 0) is 13.0 Å². The molecule has 0 aliphatic heterocycles. The molecule has 0 saturated carbocycles. The predicted molar refractivity (Wildman–Crippen MR) is 89.7 cm³/mol. The lowest BCUT2D eigenvalue weighted by Crippen LogP contribution is -2.12. The van der Waals surface area contributed by atoms with Gasteiger partial charge in [-0.2, -0.15) is 0 Å². The Kier molecular flexibility index (Phi) is 5.92. The number of nitrogens with one attached hydrogen (secondary N) is 1. The number of halogens is 2. The summed E-state index contributed by atoms with van der Waals surface area (Å²) in [5, 5.41) is 4.73. The standard InChI is InChI=1S/C17H19Cl2NO/c1-3-12-9-15(7-8-16(12)19)21-17-10-14(18)6-5-13(17)11-20-4-2/h5-10,20H,3-4,11H2,1-2H3. The Labute approximate surface area is 136 Å². The third-order valence-electron chi connectivity index (χ3n) is 3.22. The zero-order chi connectivity index (χ0) is 15.2. The molecule has 0 atom stereocenters. The molecule has 0 heterocycles. The fourth-order valence-electron chi connectivity index (χ4n) is 2.04. The van der Waals surface area contributed by atoms with Crippen LogP contribution in [0.1, 0.15) is 25.0 Å². The Morgan fingerprint density at radius 1 is 1.00 bits per heavy atom. The molecule has 1 N–H and O–H groups in total. The maximum atomic E-state index is 6.14. The van der Waals surface area contributed by atoms with Crippen molar-refractivity contribution in [1.29, 1.82) is 0 Å². The molecule has 21 heavy (non-hydrogen) atoms. The third kappa shape index (κ3) is 4.37. The lowest BCUT2D eigenvalue weighted by molar-refractivity contribution is 0.473. The SMILES string of the molecule is CCNCc1ccc(Cl)cc1Oc1ccc(Cl)c(CC)c1. The van der Waals surface area contributed by atoms with Gasteiger partial charge in [-0.3, -0.25) is 0 Å². The first-order chi connectivity index (χ1) is 10.1. The van der Waals surface area contributed by atoms with Crippen molar-refractivity contribution < 1.29 is 4.74 Å². The van der Waals surface area contributed by atoms with Gasteiger partial charge < -0.3 is 10.1 Å². The molecule has 2 nitrogen and oxygen atoms in total. The highest BCUT2D eigenvalue weighted by Gasteiger charge is 2.08. The number of aryl methyl sites for hydroxylation is 1. The fraction of sp³-hybridized carbons (Fsp3) is 0.294. The van der Waals surface area contributed by atoms with Gasteiger partial charge in [-0.1, -0.05) is 43.1 Å². The molecule has 0 aliphatic rings. The molecule has 0 unspecified atom stereocenters. The van der Waals surface area contributed by atoms with Crippen LogP contribution in [0.5, 0.6) is 11.5 Å². The van der Waals surface area contributed by atoms with Gasteiger partial charge in [-0.15, -0.1) is 0 Å². The molecule has 0 radical (unpaired) electrons. The van der Waals surface area contributed by atoms with E-state index >= 15 is 0 Å². The van der Waals surface area contributed by atoms with E-state index in [-0.39, 0.29) is 0 Å². The number of rotatable bonds is 6. The third-order valence-corrected chi connectivity index (χ3v) is 3.82. The molecular weight excluding hydrogens is 305 g/mol. The quantitative estimate of drug-likeness (QED) is 0.762. The molecule has 0 spiro atoms.